The van der Waals surface area contributed by atoms with E-state index in [2.05, 4.69) is 219 Å². The molecule has 4 nitrogen and oxygen atoms in total. The van der Waals surface area contributed by atoms with Crippen molar-refractivity contribution in [1.29, 1.82) is 0 Å². The average Bonchev–Trinajstić information content (AvgIpc) is 3.80. The molecule has 0 atom stereocenters. The summed E-state index contributed by atoms with van der Waals surface area (Å²) in [4.78, 5) is 6.76. The van der Waals surface area contributed by atoms with Gasteiger partial charge < -0.3 is 14.0 Å². The standard InChI is InChI=1S/C53H36N4/c1-4-17-40(18-5-1)55(44-24-15-31-54-36-44)43-23-14-16-37(32-43)39-33-48(53-49(34-39)46-26-11-13-28-51(46)57(53)42-21-8-3-9-22-42)38-29-30-47-45-25-10-12-27-50(45)56(52(47)35-38)41-19-6-2-7-20-41/h1-36H. The maximum atomic E-state index is 4.49. The fraction of sp³-hybridized carbons (Fsp3) is 0. The molecule has 0 fully saturated rings. The molecule has 3 aromatic heterocycles. The Hall–Kier alpha value is -7.69. The monoisotopic (exact) mass is 728 g/mol. The van der Waals surface area contributed by atoms with Crippen LogP contribution in [0.15, 0.2) is 219 Å². The summed E-state index contributed by atoms with van der Waals surface area (Å²) in [5.41, 5.74) is 14.8. The molecule has 0 aliphatic rings. The van der Waals surface area contributed by atoms with Gasteiger partial charge in [-0.25, -0.2) is 0 Å². The van der Waals surface area contributed by atoms with Crippen LogP contribution in [0.1, 0.15) is 0 Å². The molecule has 0 aliphatic heterocycles. The molecule has 11 aromatic rings. The topological polar surface area (TPSA) is 26.0 Å². The lowest BCUT2D eigenvalue weighted by Crippen LogP contribution is -2.10. The molecule has 8 aromatic carbocycles. The molecule has 57 heavy (non-hydrogen) atoms. The Morgan fingerprint density at radius 3 is 1.67 bits per heavy atom. The summed E-state index contributed by atoms with van der Waals surface area (Å²) in [6, 6.07) is 74.3. The number of rotatable bonds is 7. The molecular formula is C53H36N4. The number of para-hydroxylation sites is 5. The second-order valence-corrected chi connectivity index (χ2v) is 14.5. The van der Waals surface area contributed by atoms with E-state index in [0.29, 0.717) is 0 Å². The van der Waals surface area contributed by atoms with Gasteiger partial charge in [0.2, 0.25) is 0 Å². The van der Waals surface area contributed by atoms with Crippen LogP contribution in [0, 0.1) is 0 Å². The fourth-order valence-electron chi connectivity index (χ4n) is 8.66. The molecule has 0 unspecified atom stereocenters. The normalized spacial score (nSPS) is 11.5. The van der Waals surface area contributed by atoms with Crippen molar-refractivity contribution in [2.45, 2.75) is 0 Å². The summed E-state index contributed by atoms with van der Waals surface area (Å²) < 4.78 is 4.85. The largest absolute Gasteiger partial charge is 0.309 e. The molecule has 0 aliphatic carbocycles. The fourth-order valence-corrected chi connectivity index (χ4v) is 8.66. The van der Waals surface area contributed by atoms with Crippen molar-refractivity contribution in [2.24, 2.45) is 0 Å². The third kappa shape index (κ3) is 5.50. The van der Waals surface area contributed by atoms with Crippen molar-refractivity contribution in [3.8, 4) is 33.6 Å². The summed E-state index contributed by atoms with van der Waals surface area (Å²) >= 11 is 0. The third-order valence-electron chi connectivity index (χ3n) is 11.1. The van der Waals surface area contributed by atoms with Crippen molar-refractivity contribution in [2.75, 3.05) is 4.90 Å². The molecule has 3 heterocycles. The van der Waals surface area contributed by atoms with Crippen LogP contribution in [-0.4, -0.2) is 14.1 Å². The number of hydrogen-bond donors (Lipinski definition) is 0. The Bertz CT molecular complexity index is 3180. The summed E-state index contributed by atoms with van der Waals surface area (Å²) in [7, 11) is 0. The molecule has 0 saturated heterocycles. The van der Waals surface area contributed by atoms with E-state index in [1.807, 2.05) is 18.5 Å². The Kier molecular flexibility index (Phi) is 7.78. The average molecular weight is 729 g/mol. The van der Waals surface area contributed by atoms with Gasteiger partial charge in [0, 0.05) is 56.1 Å². The van der Waals surface area contributed by atoms with Crippen LogP contribution >= 0.6 is 0 Å². The van der Waals surface area contributed by atoms with E-state index in [0.717, 1.165) is 45.1 Å². The van der Waals surface area contributed by atoms with E-state index in [4.69, 9.17) is 0 Å². The third-order valence-corrected chi connectivity index (χ3v) is 11.1. The maximum absolute atomic E-state index is 4.49. The number of fused-ring (bicyclic) bond motifs is 6. The van der Waals surface area contributed by atoms with Gasteiger partial charge in [-0.05, 0) is 108 Å². The zero-order valence-electron chi connectivity index (χ0n) is 31.1. The highest BCUT2D eigenvalue weighted by Crippen LogP contribution is 2.44. The van der Waals surface area contributed by atoms with E-state index >= 15 is 0 Å². The van der Waals surface area contributed by atoms with Crippen molar-refractivity contribution >= 4 is 60.7 Å². The number of nitrogens with zero attached hydrogens (tertiary/aromatic N) is 4. The van der Waals surface area contributed by atoms with Crippen molar-refractivity contribution in [3.05, 3.63) is 219 Å². The molecule has 0 spiro atoms. The van der Waals surface area contributed by atoms with E-state index in [9.17, 15) is 0 Å². The van der Waals surface area contributed by atoms with Gasteiger partial charge in [-0.2, -0.15) is 0 Å². The summed E-state index contributed by atoms with van der Waals surface area (Å²) in [5, 5.41) is 4.91. The smallest absolute Gasteiger partial charge is 0.0644 e. The number of hydrogen-bond acceptors (Lipinski definition) is 2. The van der Waals surface area contributed by atoms with Crippen molar-refractivity contribution in [3.63, 3.8) is 0 Å². The minimum absolute atomic E-state index is 1.00. The molecule has 11 rings (SSSR count). The molecule has 0 N–H and O–H groups in total. The van der Waals surface area contributed by atoms with Crippen LogP contribution in [0.5, 0.6) is 0 Å². The van der Waals surface area contributed by atoms with Crippen LogP contribution in [0.2, 0.25) is 0 Å². The summed E-state index contributed by atoms with van der Waals surface area (Å²) in [5.74, 6) is 0. The minimum Gasteiger partial charge on any atom is -0.309 e. The molecule has 4 heteroatoms. The first-order valence-corrected chi connectivity index (χ1v) is 19.4. The highest BCUT2D eigenvalue weighted by Gasteiger charge is 2.21. The first kappa shape index (κ1) is 32.7. The second kappa shape index (κ2) is 13.6. The lowest BCUT2D eigenvalue weighted by molar-refractivity contribution is 1.18. The number of aromatic nitrogens is 3. The quantitative estimate of drug-likeness (QED) is 0.163. The zero-order valence-corrected chi connectivity index (χ0v) is 31.1. The molecule has 0 radical (unpaired) electrons. The molecule has 0 bridgehead atoms. The summed E-state index contributed by atoms with van der Waals surface area (Å²) in [6.07, 6.45) is 3.75. The first-order chi connectivity index (χ1) is 28.3. The van der Waals surface area contributed by atoms with Gasteiger partial charge >= 0.3 is 0 Å². The van der Waals surface area contributed by atoms with Crippen LogP contribution in [0.3, 0.4) is 0 Å². The van der Waals surface area contributed by atoms with Crippen LogP contribution in [-0.2, 0) is 0 Å². The lowest BCUT2D eigenvalue weighted by Gasteiger charge is -2.25. The molecule has 0 saturated carbocycles. The van der Waals surface area contributed by atoms with Gasteiger partial charge in [0.15, 0.2) is 0 Å². The van der Waals surface area contributed by atoms with E-state index in [1.165, 1.54) is 49.2 Å². The Balaban J connectivity index is 1.20. The van der Waals surface area contributed by atoms with Gasteiger partial charge in [-0.15, -0.1) is 0 Å². The predicted molar refractivity (Wildman–Crippen MR) is 238 cm³/mol. The zero-order chi connectivity index (χ0) is 37.7. The highest BCUT2D eigenvalue weighted by atomic mass is 15.1. The molecule has 0 amide bonds. The van der Waals surface area contributed by atoms with Crippen LogP contribution in [0.4, 0.5) is 17.1 Å². The lowest BCUT2D eigenvalue weighted by atomic mass is 9.94. The van der Waals surface area contributed by atoms with Crippen LogP contribution in [0.25, 0.3) is 77.2 Å². The number of benzene rings is 8. The number of pyridine rings is 1. The van der Waals surface area contributed by atoms with Gasteiger partial charge in [0.05, 0.1) is 34.0 Å². The van der Waals surface area contributed by atoms with E-state index in [1.54, 1.807) is 0 Å². The Labute approximate surface area is 330 Å². The minimum atomic E-state index is 1.00. The van der Waals surface area contributed by atoms with Gasteiger partial charge in [0.1, 0.15) is 0 Å². The second-order valence-electron chi connectivity index (χ2n) is 14.5. The van der Waals surface area contributed by atoms with Crippen LogP contribution < -0.4 is 4.90 Å². The van der Waals surface area contributed by atoms with E-state index < -0.39 is 0 Å². The Morgan fingerprint density at radius 2 is 0.947 bits per heavy atom. The first-order valence-electron chi connectivity index (χ1n) is 19.4. The highest BCUT2D eigenvalue weighted by molar-refractivity contribution is 6.16. The summed E-state index contributed by atoms with van der Waals surface area (Å²) in [6.45, 7) is 0. The van der Waals surface area contributed by atoms with Crippen molar-refractivity contribution in [1.82, 2.24) is 14.1 Å². The van der Waals surface area contributed by atoms with Crippen molar-refractivity contribution < 1.29 is 0 Å². The van der Waals surface area contributed by atoms with Gasteiger partial charge in [0.25, 0.3) is 0 Å². The Morgan fingerprint density at radius 1 is 0.351 bits per heavy atom. The molecule has 268 valence electrons. The maximum Gasteiger partial charge on any atom is 0.0644 e. The SMILES string of the molecule is c1ccc(N(c2cccnc2)c2cccc(-c3cc(-c4ccc5c6ccccc6n(-c6ccccc6)c5c4)c4c(c3)c3ccccc3n4-c3ccccc3)c2)cc1. The van der Waals surface area contributed by atoms with Gasteiger partial charge in [-0.1, -0.05) is 115 Å². The van der Waals surface area contributed by atoms with Gasteiger partial charge in [-0.3, -0.25) is 4.98 Å². The number of anilines is 3. The molecular weight excluding hydrogens is 693 g/mol. The predicted octanol–water partition coefficient (Wildman–Crippen LogP) is 14.1. The van der Waals surface area contributed by atoms with E-state index in [-0.39, 0.29) is 0 Å².